The van der Waals surface area contributed by atoms with Gasteiger partial charge in [-0.1, -0.05) is 6.07 Å². The highest BCUT2D eigenvalue weighted by Crippen LogP contribution is 2.12. The molecule has 0 bridgehead atoms. The van der Waals surface area contributed by atoms with Gasteiger partial charge in [0.15, 0.2) is 5.96 Å². The van der Waals surface area contributed by atoms with E-state index in [2.05, 4.69) is 20.6 Å². The molecule has 0 aromatic carbocycles. The van der Waals surface area contributed by atoms with Crippen molar-refractivity contribution in [2.75, 3.05) is 43.9 Å². The van der Waals surface area contributed by atoms with Gasteiger partial charge < -0.3 is 10.6 Å². The second-order valence-corrected chi connectivity index (χ2v) is 8.31. The minimum absolute atomic E-state index is 0. The summed E-state index contributed by atoms with van der Waals surface area (Å²) < 4.78 is 26.1. The van der Waals surface area contributed by atoms with Crippen LogP contribution >= 0.6 is 35.7 Å². The fraction of sp³-hybridized carbons (Fsp3) is 0.571. The van der Waals surface area contributed by atoms with E-state index in [1.54, 1.807) is 29.3 Å². The Labute approximate surface area is 165 Å². The topological polar surface area (TPSA) is 86.7 Å². The zero-order valence-electron chi connectivity index (χ0n) is 13.6. The van der Waals surface area contributed by atoms with E-state index in [4.69, 9.17) is 0 Å². The molecular weight excluding hydrogens is 461 g/mol. The standard InChI is InChI=1S/C14H23N5O2S2.HI/c1-15-14(18-12-13-4-2-3-5-16-13)17-6-11-23(20,21)19-7-9-22-10-8-19;/h2-5H,6-12H2,1H3,(H2,15,17,18);1H. The van der Waals surface area contributed by atoms with E-state index in [1.165, 1.54) is 0 Å². The molecule has 0 aliphatic carbocycles. The summed E-state index contributed by atoms with van der Waals surface area (Å²) in [5, 5.41) is 6.15. The highest BCUT2D eigenvalue weighted by Gasteiger charge is 2.23. The number of aliphatic imine (C=N–C) groups is 1. The van der Waals surface area contributed by atoms with Crippen LogP contribution in [0.1, 0.15) is 5.69 Å². The first-order valence-electron chi connectivity index (χ1n) is 7.52. The van der Waals surface area contributed by atoms with Crippen LogP contribution in [0.15, 0.2) is 29.4 Å². The smallest absolute Gasteiger partial charge is 0.215 e. The highest BCUT2D eigenvalue weighted by molar-refractivity contribution is 14.0. The lowest BCUT2D eigenvalue weighted by molar-refractivity contribution is 0.443. The van der Waals surface area contributed by atoms with Gasteiger partial charge in [0.1, 0.15) is 0 Å². The average Bonchev–Trinajstić information content (AvgIpc) is 2.59. The summed E-state index contributed by atoms with van der Waals surface area (Å²) in [4.78, 5) is 8.31. The molecule has 2 rings (SSSR count). The van der Waals surface area contributed by atoms with E-state index < -0.39 is 10.0 Å². The van der Waals surface area contributed by atoms with Crippen molar-refractivity contribution in [1.82, 2.24) is 19.9 Å². The summed E-state index contributed by atoms with van der Waals surface area (Å²) in [5.74, 6) is 2.39. The summed E-state index contributed by atoms with van der Waals surface area (Å²) in [6.45, 7) is 2.09. The normalized spacial score (nSPS) is 16.3. The minimum Gasteiger partial charge on any atom is -0.355 e. The molecule has 0 saturated carbocycles. The molecule has 1 aliphatic heterocycles. The zero-order chi connectivity index (χ0) is 16.5. The largest absolute Gasteiger partial charge is 0.355 e. The van der Waals surface area contributed by atoms with Crippen molar-refractivity contribution in [2.24, 2.45) is 4.99 Å². The van der Waals surface area contributed by atoms with E-state index in [1.807, 2.05) is 18.2 Å². The van der Waals surface area contributed by atoms with Gasteiger partial charge in [0.25, 0.3) is 0 Å². The third-order valence-electron chi connectivity index (χ3n) is 3.40. The minimum atomic E-state index is -3.19. The molecule has 0 atom stereocenters. The summed E-state index contributed by atoms with van der Waals surface area (Å²) >= 11 is 1.79. The highest BCUT2D eigenvalue weighted by atomic mass is 127. The van der Waals surface area contributed by atoms with Gasteiger partial charge in [0.2, 0.25) is 10.0 Å². The Morgan fingerprint density at radius 2 is 2.08 bits per heavy atom. The third kappa shape index (κ3) is 7.11. The van der Waals surface area contributed by atoms with Gasteiger partial charge in [-0.25, -0.2) is 12.7 Å². The van der Waals surface area contributed by atoms with E-state index in [9.17, 15) is 8.42 Å². The lowest BCUT2D eigenvalue weighted by Gasteiger charge is -2.25. The maximum Gasteiger partial charge on any atom is 0.215 e. The van der Waals surface area contributed by atoms with Crippen LogP contribution < -0.4 is 10.6 Å². The van der Waals surface area contributed by atoms with E-state index >= 15 is 0 Å². The van der Waals surface area contributed by atoms with Gasteiger partial charge in [0.05, 0.1) is 18.0 Å². The first-order chi connectivity index (χ1) is 11.1. The SMILES string of the molecule is CN=C(NCCS(=O)(=O)N1CCSCC1)NCc1ccccn1.I. The second-order valence-electron chi connectivity index (χ2n) is 5.00. The molecular formula is C14H24IN5O2S2. The van der Waals surface area contributed by atoms with Crippen molar-refractivity contribution in [3.8, 4) is 0 Å². The molecule has 2 N–H and O–H groups in total. The van der Waals surface area contributed by atoms with Crippen LogP contribution in [0.25, 0.3) is 0 Å². The summed E-state index contributed by atoms with van der Waals surface area (Å²) in [6, 6.07) is 5.70. The molecule has 7 nitrogen and oxygen atoms in total. The van der Waals surface area contributed by atoms with Crippen LogP contribution in [-0.4, -0.2) is 67.6 Å². The number of aromatic nitrogens is 1. The van der Waals surface area contributed by atoms with Crippen LogP contribution in [0.2, 0.25) is 0 Å². The summed E-state index contributed by atoms with van der Waals surface area (Å²) in [5.41, 5.74) is 0.897. The number of sulfonamides is 1. The van der Waals surface area contributed by atoms with Gasteiger partial charge in [-0.3, -0.25) is 9.98 Å². The first-order valence-corrected chi connectivity index (χ1v) is 10.3. The van der Waals surface area contributed by atoms with Crippen molar-refractivity contribution in [1.29, 1.82) is 0 Å². The molecule has 1 fully saturated rings. The number of nitrogens with zero attached hydrogens (tertiary/aromatic N) is 3. The number of hydrogen-bond donors (Lipinski definition) is 2. The maximum atomic E-state index is 12.2. The molecule has 1 aromatic heterocycles. The van der Waals surface area contributed by atoms with Crippen molar-refractivity contribution < 1.29 is 8.42 Å². The molecule has 1 saturated heterocycles. The predicted molar refractivity (Wildman–Crippen MR) is 111 cm³/mol. The van der Waals surface area contributed by atoms with Gasteiger partial charge in [-0.15, -0.1) is 24.0 Å². The lowest BCUT2D eigenvalue weighted by Crippen LogP contribution is -2.44. The van der Waals surface area contributed by atoms with Crippen molar-refractivity contribution in [3.63, 3.8) is 0 Å². The molecule has 0 spiro atoms. The Kier molecular flexibility index (Phi) is 9.93. The Balaban J connectivity index is 0.00000288. The van der Waals surface area contributed by atoms with Crippen LogP contribution in [0.3, 0.4) is 0 Å². The number of pyridine rings is 1. The van der Waals surface area contributed by atoms with E-state index in [0.717, 1.165) is 17.2 Å². The first kappa shape index (κ1) is 21.5. The third-order valence-corrected chi connectivity index (χ3v) is 6.22. The van der Waals surface area contributed by atoms with E-state index in [0.29, 0.717) is 32.1 Å². The van der Waals surface area contributed by atoms with Crippen LogP contribution in [-0.2, 0) is 16.6 Å². The van der Waals surface area contributed by atoms with Crippen molar-refractivity contribution in [3.05, 3.63) is 30.1 Å². The number of rotatable bonds is 6. The predicted octanol–water partition coefficient (Wildman–Crippen LogP) is 0.743. The molecule has 2 heterocycles. The van der Waals surface area contributed by atoms with Crippen LogP contribution in [0.5, 0.6) is 0 Å². The fourth-order valence-electron chi connectivity index (χ4n) is 2.15. The maximum absolute atomic E-state index is 12.2. The molecule has 24 heavy (non-hydrogen) atoms. The number of nitrogens with one attached hydrogen (secondary N) is 2. The average molecular weight is 485 g/mol. The van der Waals surface area contributed by atoms with Gasteiger partial charge in [-0.2, -0.15) is 11.8 Å². The number of guanidine groups is 1. The van der Waals surface area contributed by atoms with Crippen molar-refractivity contribution >= 4 is 51.7 Å². The molecule has 1 aromatic rings. The van der Waals surface area contributed by atoms with Gasteiger partial charge >= 0.3 is 0 Å². The molecule has 0 unspecified atom stereocenters. The van der Waals surface area contributed by atoms with Crippen LogP contribution in [0.4, 0.5) is 0 Å². The Morgan fingerprint density at radius 3 is 2.71 bits per heavy atom. The Bertz CT molecular complexity index is 607. The number of halogens is 1. The summed E-state index contributed by atoms with van der Waals surface area (Å²) in [7, 11) is -1.54. The van der Waals surface area contributed by atoms with Crippen LogP contribution in [0, 0.1) is 0 Å². The molecule has 0 radical (unpaired) electrons. The number of thioether (sulfide) groups is 1. The second kappa shape index (κ2) is 11.1. The molecule has 0 amide bonds. The molecule has 10 heteroatoms. The molecule has 136 valence electrons. The lowest BCUT2D eigenvalue weighted by atomic mass is 10.3. The zero-order valence-corrected chi connectivity index (χ0v) is 17.6. The van der Waals surface area contributed by atoms with Gasteiger partial charge in [0, 0.05) is 44.4 Å². The van der Waals surface area contributed by atoms with Gasteiger partial charge in [-0.05, 0) is 12.1 Å². The van der Waals surface area contributed by atoms with Crippen molar-refractivity contribution in [2.45, 2.75) is 6.54 Å². The number of hydrogen-bond acceptors (Lipinski definition) is 5. The quantitative estimate of drug-likeness (QED) is 0.351. The fourth-order valence-corrected chi connectivity index (χ4v) is 4.64. The molecule has 1 aliphatic rings. The van der Waals surface area contributed by atoms with E-state index in [-0.39, 0.29) is 29.7 Å². The monoisotopic (exact) mass is 485 g/mol. The Hall–Kier alpha value is -0.590. The summed E-state index contributed by atoms with van der Waals surface area (Å²) in [6.07, 6.45) is 1.73. The Morgan fingerprint density at radius 1 is 1.33 bits per heavy atom.